The van der Waals surface area contributed by atoms with Crippen molar-refractivity contribution < 1.29 is 14.3 Å². The van der Waals surface area contributed by atoms with Gasteiger partial charge in [0.05, 0.1) is 11.4 Å². The average molecular weight is 452 g/mol. The van der Waals surface area contributed by atoms with Crippen molar-refractivity contribution in [3.63, 3.8) is 0 Å². The van der Waals surface area contributed by atoms with Gasteiger partial charge in [0.25, 0.3) is 5.91 Å². The molecule has 3 aromatic heterocycles. The second-order valence-corrected chi connectivity index (χ2v) is 8.74. The number of hydrogen-bond acceptors (Lipinski definition) is 6. The molecule has 0 saturated heterocycles. The number of aromatic nitrogens is 2. The Balaban J connectivity index is 1.46. The first-order chi connectivity index (χ1) is 15.1. The van der Waals surface area contributed by atoms with Crippen LogP contribution in [0, 0.1) is 0 Å². The predicted molar refractivity (Wildman–Crippen MR) is 122 cm³/mol. The van der Waals surface area contributed by atoms with E-state index in [-0.39, 0.29) is 12.5 Å². The number of esters is 1. The van der Waals surface area contributed by atoms with Crippen molar-refractivity contribution in [2.24, 2.45) is 0 Å². The predicted octanol–water partition coefficient (Wildman–Crippen LogP) is 4.54. The summed E-state index contributed by atoms with van der Waals surface area (Å²) >= 11 is 3.08. The fourth-order valence-corrected chi connectivity index (χ4v) is 4.46. The van der Waals surface area contributed by atoms with Gasteiger partial charge in [-0.3, -0.25) is 9.48 Å². The Bertz CT molecular complexity index is 1140. The fraction of sp³-hybridized carbons (Fsp3) is 0.174. The molecule has 0 N–H and O–H groups in total. The van der Waals surface area contributed by atoms with Gasteiger partial charge in [0.15, 0.2) is 6.61 Å². The third kappa shape index (κ3) is 5.28. The molecule has 158 valence electrons. The molecule has 0 saturated carbocycles. The average Bonchev–Trinajstić information content (AvgIpc) is 3.54. The second-order valence-electron chi connectivity index (χ2n) is 7.01. The van der Waals surface area contributed by atoms with Crippen LogP contribution in [0.4, 0.5) is 0 Å². The monoisotopic (exact) mass is 451 g/mol. The highest BCUT2D eigenvalue weighted by molar-refractivity contribution is 7.13. The molecule has 1 amide bonds. The summed E-state index contributed by atoms with van der Waals surface area (Å²) in [7, 11) is 1.70. The molecular formula is C23H21N3O3S2. The number of benzene rings is 1. The fourth-order valence-electron chi connectivity index (χ4n) is 3.08. The van der Waals surface area contributed by atoms with Crippen molar-refractivity contribution in [1.29, 1.82) is 0 Å². The van der Waals surface area contributed by atoms with E-state index in [1.54, 1.807) is 34.2 Å². The van der Waals surface area contributed by atoms with Crippen LogP contribution in [0.15, 0.2) is 70.9 Å². The van der Waals surface area contributed by atoms with Crippen molar-refractivity contribution in [3.05, 3.63) is 87.6 Å². The van der Waals surface area contributed by atoms with Gasteiger partial charge in [-0.2, -0.15) is 16.4 Å². The number of rotatable bonds is 8. The zero-order valence-electron chi connectivity index (χ0n) is 16.9. The van der Waals surface area contributed by atoms with Crippen LogP contribution < -0.4 is 0 Å². The summed E-state index contributed by atoms with van der Waals surface area (Å²) in [4.78, 5) is 27.7. The molecular weight excluding hydrogens is 430 g/mol. The summed E-state index contributed by atoms with van der Waals surface area (Å²) in [6.07, 6.45) is 1.68. The molecule has 0 aliphatic carbocycles. The van der Waals surface area contributed by atoms with Crippen molar-refractivity contribution in [1.82, 2.24) is 14.7 Å². The first-order valence-corrected chi connectivity index (χ1v) is 11.5. The first-order valence-electron chi connectivity index (χ1n) is 9.67. The van der Waals surface area contributed by atoms with E-state index in [9.17, 15) is 9.59 Å². The highest BCUT2D eigenvalue weighted by Gasteiger charge is 2.22. The minimum absolute atomic E-state index is 0.256. The van der Waals surface area contributed by atoms with E-state index in [0.717, 1.165) is 16.0 Å². The standard InChI is InChI=1S/C23H21N3O3S2/c1-25(12-18-9-11-30-16-18)21(27)15-29-23(28)19-14-26(13-17-6-3-2-4-7-17)24-22(19)20-8-5-10-31-20/h2-11,14,16H,12-13,15H2,1H3. The zero-order valence-corrected chi connectivity index (χ0v) is 18.6. The Morgan fingerprint density at radius 3 is 2.61 bits per heavy atom. The molecule has 0 bridgehead atoms. The van der Waals surface area contributed by atoms with Gasteiger partial charge in [-0.05, 0) is 39.4 Å². The van der Waals surface area contributed by atoms with Crippen LogP contribution in [0.5, 0.6) is 0 Å². The molecule has 0 atom stereocenters. The Morgan fingerprint density at radius 1 is 1.06 bits per heavy atom. The molecule has 3 heterocycles. The Kier molecular flexibility index (Phi) is 6.59. The van der Waals surface area contributed by atoms with Gasteiger partial charge in [-0.15, -0.1) is 11.3 Å². The number of carbonyl (C=O) groups is 2. The molecule has 0 radical (unpaired) electrons. The highest BCUT2D eigenvalue weighted by atomic mass is 32.1. The number of thiophene rings is 2. The quantitative estimate of drug-likeness (QED) is 0.369. The third-order valence-corrected chi connectivity index (χ3v) is 6.28. The van der Waals surface area contributed by atoms with Crippen LogP contribution in [-0.2, 0) is 22.6 Å². The second kappa shape index (κ2) is 9.72. The number of amides is 1. The van der Waals surface area contributed by atoms with Crippen LogP contribution in [0.25, 0.3) is 10.6 Å². The Hall–Kier alpha value is -3.23. The van der Waals surface area contributed by atoms with Crippen molar-refractivity contribution >= 4 is 34.6 Å². The maximum absolute atomic E-state index is 12.8. The van der Waals surface area contributed by atoms with E-state index >= 15 is 0 Å². The van der Waals surface area contributed by atoms with Gasteiger partial charge in [-0.25, -0.2) is 4.79 Å². The molecule has 1 aromatic carbocycles. The van der Waals surface area contributed by atoms with Gasteiger partial charge in [0, 0.05) is 19.8 Å². The maximum atomic E-state index is 12.8. The Morgan fingerprint density at radius 2 is 1.90 bits per heavy atom. The van der Waals surface area contributed by atoms with Gasteiger partial charge in [0.1, 0.15) is 11.3 Å². The maximum Gasteiger partial charge on any atom is 0.342 e. The van der Waals surface area contributed by atoms with E-state index in [1.165, 1.54) is 11.3 Å². The molecule has 4 aromatic rings. The molecule has 0 spiro atoms. The molecule has 0 fully saturated rings. The van der Waals surface area contributed by atoms with Gasteiger partial charge < -0.3 is 9.64 Å². The molecule has 0 unspecified atom stereocenters. The topological polar surface area (TPSA) is 64.4 Å². The largest absolute Gasteiger partial charge is 0.452 e. The summed E-state index contributed by atoms with van der Waals surface area (Å²) < 4.78 is 7.08. The minimum Gasteiger partial charge on any atom is -0.452 e. The van der Waals surface area contributed by atoms with E-state index in [0.29, 0.717) is 24.3 Å². The summed E-state index contributed by atoms with van der Waals surface area (Å²) in [5, 5.41) is 10.5. The van der Waals surface area contributed by atoms with E-state index in [4.69, 9.17) is 4.74 Å². The number of likely N-dealkylation sites (N-methyl/N-ethyl adjacent to an activating group) is 1. The number of hydrogen-bond donors (Lipinski definition) is 0. The van der Waals surface area contributed by atoms with Crippen LogP contribution >= 0.6 is 22.7 Å². The third-order valence-electron chi connectivity index (χ3n) is 4.68. The number of ether oxygens (including phenoxy) is 1. The van der Waals surface area contributed by atoms with Crippen molar-refractivity contribution in [3.8, 4) is 10.6 Å². The van der Waals surface area contributed by atoms with Gasteiger partial charge in [-0.1, -0.05) is 36.4 Å². The van der Waals surface area contributed by atoms with Crippen LogP contribution in [-0.4, -0.2) is 40.2 Å². The SMILES string of the molecule is CN(Cc1ccsc1)C(=O)COC(=O)c1cn(Cc2ccccc2)nc1-c1cccs1. The minimum atomic E-state index is -0.556. The molecule has 8 heteroatoms. The van der Waals surface area contributed by atoms with Crippen molar-refractivity contribution in [2.75, 3.05) is 13.7 Å². The van der Waals surface area contributed by atoms with Crippen LogP contribution in [0.1, 0.15) is 21.5 Å². The zero-order chi connectivity index (χ0) is 21.6. The summed E-state index contributed by atoms with van der Waals surface area (Å²) in [5.74, 6) is -0.811. The number of carbonyl (C=O) groups excluding carboxylic acids is 2. The van der Waals surface area contributed by atoms with Crippen LogP contribution in [0.3, 0.4) is 0 Å². The molecule has 0 aliphatic heterocycles. The lowest BCUT2D eigenvalue weighted by molar-refractivity contribution is -0.133. The van der Waals surface area contributed by atoms with Gasteiger partial charge >= 0.3 is 5.97 Å². The molecule has 6 nitrogen and oxygen atoms in total. The smallest absolute Gasteiger partial charge is 0.342 e. The molecule has 0 aliphatic rings. The lowest BCUT2D eigenvalue weighted by atomic mass is 10.2. The Labute approximate surface area is 188 Å². The molecule has 31 heavy (non-hydrogen) atoms. The van der Waals surface area contributed by atoms with E-state index < -0.39 is 5.97 Å². The van der Waals surface area contributed by atoms with Crippen molar-refractivity contribution in [2.45, 2.75) is 13.1 Å². The summed E-state index contributed by atoms with van der Waals surface area (Å²) in [5.41, 5.74) is 3.05. The van der Waals surface area contributed by atoms with Crippen LogP contribution in [0.2, 0.25) is 0 Å². The summed E-state index contributed by atoms with van der Waals surface area (Å²) in [6.45, 7) is 0.706. The summed E-state index contributed by atoms with van der Waals surface area (Å²) in [6, 6.07) is 15.7. The van der Waals surface area contributed by atoms with E-state index in [1.807, 2.05) is 64.7 Å². The lowest BCUT2D eigenvalue weighted by Crippen LogP contribution is -2.30. The van der Waals surface area contributed by atoms with E-state index in [2.05, 4.69) is 5.10 Å². The first kappa shape index (κ1) is 21.0. The normalized spacial score (nSPS) is 10.7. The molecule has 4 rings (SSSR count). The lowest BCUT2D eigenvalue weighted by Gasteiger charge is -2.16. The number of nitrogens with zero attached hydrogens (tertiary/aromatic N) is 3. The highest BCUT2D eigenvalue weighted by Crippen LogP contribution is 2.27. The van der Waals surface area contributed by atoms with Gasteiger partial charge in [0.2, 0.25) is 0 Å².